The lowest BCUT2D eigenvalue weighted by atomic mass is 10.1. The molecule has 148 valence electrons. The predicted molar refractivity (Wildman–Crippen MR) is 102 cm³/mol. The van der Waals surface area contributed by atoms with Gasteiger partial charge in [-0.3, -0.25) is 9.59 Å². The average molecular weight is 395 g/mol. The standard InChI is InChI=1S/C19H17N5O5/c1-11(24-9-20-8-21-24)18(26)22-12-2-4-13(5-3-12)23-19(27)14-6-16-17(7-15(14)25)29-10-28-16/h2-9,11,25H,10H2,1H3,(H,22,26)(H,23,27)/t11-/m1/s1. The van der Waals surface area contributed by atoms with Gasteiger partial charge in [0.15, 0.2) is 11.5 Å². The topological polar surface area (TPSA) is 128 Å². The van der Waals surface area contributed by atoms with Gasteiger partial charge in [0, 0.05) is 23.5 Å². The SMILES string of the molecule is C[C@H](C(=O)Nc1ccc(NC(=O)c2cc3c(cc2O)OCO3)cc1)n1cncn1. The van der Waals surface area contributed by atoms with Crippen LogP contribution in [0, 0.1) is 0 Å². The molecule has 0 radical (unpaired) electrons. The van der Waals surface area contributed by atoms with Crippen molar-refractivity contribution < 1.29 is 24.2 Å². The second-order valence-corrected chi connectivity index (χ2v) is 6.29. The van der Waals surface area contributed by atoms with Gasteiger partial charge in [-0.15, -0.1) is 0 Å². The van der Waals surface area contributed by atoms with Crippen molar-refractivity contribution in [2.24, 2.45) is 0 Å². The fraction of sp³-hybridized carbons (Fsp3) is 0.158. The number of nitrogens with one attached hydrogen (secondary N) is 2. The third-order valence-electron chi connectivity index (χ3n) is 4.36. The summed E-state index contributed by atoms with van der Waals surface area (Å²) in [6.07, 6.45) is 2.83. The van der Waals surface area contributed by atoms with Crippen molar-refractivity contribution in [3.63, 3.8) is 0 Å². The molecule has 0 bridgehead atoms. The van der Waals surface area contributed by atoms with Crippen molar-refractivity contribution in [3.8, 4) is 17.2 Å². The Kier molecular flexibility index (Phi) is 4.73. The van der Waals surface area contributed by atoms with E-state index in [4.69, 9.17) is 9.47 Å². The van der Waals surface area contributed by atoms with Crippen molar-refractivity contribution in [1.82, 2.24) is 14.8 Å². The van der Waals surface area contributed by atoms with E-state index < -0.39 is 11.9 Å². The van der Waals surface area contributed by atoms with Crippen LogP contribution in [0.25, 0.3) is 0 Å². The molecular weight excluding hydrogens is 378 g/mol. The molecule has 1 atom stereocenters. The zero-order valence-corrected chi connectivity index (χ0v) is 15.3. The summed E-state index contributed by atoms with van der Waals surface area (Å²) >= 11 is 0. The molecule has 0 aliphatic carbocycles. The number of anilines is 2. The summed E-state index contributed by atoms with van der Waals surface area (Å²) in [5.41, 5.74) is 1.12. The number of carbonyl (C=O) groups excluding carboxylic acids is 2. The molecular formula is C19H17N5O5. The Balaban J connectivity index is 1.41. The van der Waals surface area contributed by atoms with Gasteiger partial charge in [-0.05, 0) is 31.2 Å². The molecule has 0 spiro atoms. The summed E-state index contributed by atoms with van der Waals surface area (Å²) in [7, 11) is 0. The molecule has 3 N–H and O–H groups in total. The summed E-state index contributed by atoms with van der Waals surface area (Å²) in [5, 5.41) is 19.4. The second-order valence-electron chi connectivity index (χ2n) is 6.29. The van der Waals surface area contributed by atoms with Gasteiger partial charge >= 0.3 is 0 Å². The first-order valence-electron chi connectivity index (χ1n) is 8.70. The Morgan fingerprint density at radius 3 is 2.41 bits per heavy atom. The highest BCUT2D eigenvalue weighted by molar-refractivity contribution is 6.06. The molecule has 2 aromatic carbocycles. The van der Waals surface area contributed by atoms with Gasteiger partial charge in [0.05, 0.1) is 5.56 Å². The van der Waals surface area contributed by atoms with Crippen LogP contribution in [0.1, 0.15) is 23.3 Å². The number of ether oxygens (including phenoxy) is 2. The maximum Gasteiger partial charge on any atom is 0.259 e. The van der Waals surface area contributed by atoms with Gasteiger partial charge in [0.25, 0.3) is 5.91 Å². The number of rotatable bonds is 5. The quantitative estimate of drug-likeness (QED) is 0.604. The number of nitrogens with zero attached hydrogens (tertiary/aromatic N) is 3. The lowest BCUT2D eigenvalue weighted by molar-refractivity contribution is -0.119. The fourth-order valence-corrected chi connectivity index (χ4v) is 2.73. The number of benzene rings is 2. The Hall–Kier alpha value is -4.08. The molecule has 1 aliphatic rings. The molecule has 1 aromatic heterocycles. The summed E-state index contributed by atoms with van der Waals surface area (Å²) in [5.74, 6) is -0.181. The number of carbonyl (C=O) groups is 2. The Bertz CT molecular complexity index is 1050. The average Bonchev–Trinajstić information content (AvgIpc) is 3.39. The van der Waals surface area contributed by atoms with Crippen LogP contribution < -0.4 is 20.1 Å². The monoisotopic (exact) mass is 395 g/mol. The molecule has 10 heteroatoms. The molecule has 0 unspecified atom stereocenters. The lowest BCUT2D eigenvalue weighted by Crippen LogP contribution is -2.24. The minimum Gasteiger partial charge on any atom is -0.507 e. The smallest absolute Gasteiger partial charge is 0.259 e. The molecule has 2 heterocycles. The van der Waals surface area contributed by atoms with E-state index in [9.17, 15) is 14.7 Å². The van der Waals surface area contributed by atoms with E-state index >= 15 is 0 Å². The zero-order chi connectivity index (χ0) is 20.4. The maximum absolute atomic E-state index is 12.5. The number of phenols is 1. The molecule has 1 aliphatic heterocycles. The largest absolute Gasteiger partial charge is 0.507 e. The van der Waals surface area contributed by atoms with E-state index in [1.165, 1.54) is 29.5 Å². The number of fused-ring (bicyclic) bond motifs is 1. The first kappa shape index (κ1) is 18.3. The van der Waals surface area contributed by atoms with E-state index in [1.807, 2.05) is 0 Å². The van der Waals surface area contributed by atoms with Crippen molar-refractivity contribution in [2.75, 3.05) is 17.4 Å². The van der Waals surface area contributed by atoms with E-state index in [0.717, 1.165) is 0 Å². The van der Waals surface area contributed by atoms with Crippen molar-refractivity contribution >= 4 is 23.2 Å². The van der Waals surface area contributed by atoms with E-state index in [-0.39, 0.29) is 24.0 Å². The van der Waals surface area contributed by atoms with Crippen LogP contribution in [0.5, 0.6) is 17.2 Å². The van der Waals surface area contributed by atoms with Crippen molar-refractivity contribution in [2.45, 2.75) is 13.0 Å². The summed E-state index contributed by atoms with van der Waals surface area (Å²) in [4.78, 5) is 28.6. The third-order valence-corrected chi connectivity index (χ3v) is 4.36. The molecule has 0 saturated heterocycles. The Morgan fingerprint density at radius 2 is 1.76 bits per heavy atom. The highest BCUT2D eigenvalue weighted by Crippen LogP contribution is 2.37. The summed E-state index contributed by atoms with van der Waals surface area (Å²) in [6.45, 7) is 1.75. The molecule has 0 fully saturated rings. The van der Waals surface area contributed by atoms with E-state index in [1.54, 1.807) is 31.2 Å². The number of amides is 2. The zero-order valence-electron chi connectivity index (χ0n) is 15.3. The van der Waals surface area contributed by atoms with Crippen LogP contribution in [0.4, 0.5) is 11.4 Å². The normalized spacial score (nSPS) is 13.0. The fourth-order valence-electron chi connectivity index (χ4n) is 2.73. The van der Waals surface area contributed by atoms with E-state index in [2.05, 4.69) is 20.7 Å². The van der Waals surface area contributed by atoms with Gasteiger partial charge in [0.1, 0.15) is 24.4 Å². The molecule has 0 saturated carbocycles. The highest BCUT2D eigenvalue weighted by atomic mass is 16.7. The van der Waals surface area contributed by atoms with Crippen LogP contribution in [-0.4, -0.2) is 38.5 Å². The van der Waals surface area contributed by atoms with Gasteiger partial charge < -0.3 is 25.2 Å². The predicted octanol–water partition coefficient (Wildman–Crippen LogP) is 2.16. The minimum absolute atomic E-state index is 0.0442. The first-order chi connectivity index (χ1) is 14.0. The van der Waals surface area contributed by atoms with Gasteiger partial charge in [-0.1, -0.05) is 0 Å². The summed E-state index contributed by atoms with van der Waals surface area (Å²) < 4.78 is 11.8. The molecule has 10 nitrogen and oxygen atoms in total. The number of aromatic hydroxyl groups is 1. The number of aromatic nitrogens is 3. The maximum atomic E-state index is 12.5. The number of hydrogen-bond acceptors (Lipinski definition) is 7. The highest BCUT2D eigenvalue weighted by Gasteiger charge is 2.21. The van der Waals surface area contributed by atoms with Gasteiger partial charge in [-0.2, -0.15) is 5.10 Å². The minimum atomic E-state index is -0.522. The van der Waals surface area contributed by atoms with Crippen LogP contribution in [-0.2, 0) is 4.79 Å². The Labute approximate surface area is 165 Å². The first-order valence-corrected chi connectivity index (χ1v) is 8.70. The van der Waals surface area contributed by atoms with Crippen molar-refractivity contribution in [3.05, 3.63) is 54.6 Å². The Morgan fingerprint density at radius 1 is 1.10 bits per heavy atom. The van der Waals surface area contributed by atoms with Crippen LogP contribution >= 0.6 is 0 Å². The van der Waals surface area contributed by atoms with Gasteiger partial charge in [0.2, 0.25) is 12.7 Å². The molecule has 29 heavy (non-hydrogen) atoms. The van der Waals surface area contributed by atoms with Crippen LogP contribution in [0.2, 0.25) is 0 Å². The number of phenolic OH excluding ortho intramolecular Hbond substituents is 1. The third kappa shape index (κ3) is 3.81. The van der Waals surface area contributed by atoms with Gasteiger partial charge in [-0.25, -0.2) is 9.67 Å². The number of hydrogen-bond donors (Lipinski definition) is 3. The summed E-state index contributed by atoms with van der Waals surface area (Å²) in [6, 6.07) is 8.82. The molecule has 2 amide bonds. The van der Waals surface area contributed by atoms with Crippen LogP contribution in [0.15, 0.2) is 49.1 Å². The second kappa shape index (κ2) is 7.50. The molecule has 4 rings (SSSR count). The molecule has 3 aromatic rings. The lowest BCUT2D eigenvalue weighted by Gasteiger charge is -2.13. The van der Waals surface area contributed by atoms with E-state index in [0.29, 0.717) is 22.9 Å². The van der Waals surface area contributed by atoms with Crippen molar-refractivity contribution in [1.29, 1.82) is 0 Å². The van der Waals surface area contributed by atoms with Crippen LogP contribution in [0.3, 0.4) is 0 Å².